The van der Waals surface area contributed by atoms with E-state index >= 15 is 0 Å². The molecule has 106 valence electrons. The van der Waals surface area contributed by atoms with E-state index in [1.165, 1.54) is 19.2 Å². The van der Waals surface area contributed by atoms with E-state index in [2.05, 4.69) is 4.72 Å². The van der Waals surface area contributed by atoms with Crippen LogP contribution in [0.4, 0.5) is 11.4 Å². The minimum Gasteiger partial charge on any atom is -0.497 e. The molecule has 0 saturated carbocycles. The number of nitrogen functional groups attached to an aromatic ring is 1. The van der Waals surface area contributed by atoms with Gasteiger partial charge in [0.1, 0.15) is 5.75 Å². The molecular weight excluding hydrogens is 276 g/mol. The SMILES string of the molecule is COc1ccc(S(=O)(=O)Nc2ccc(C)c(N)c2)cc1. The number of hydrogen-bond acceptors (Lipinski definition) is 4. The van der Waals surface area contributed by atoms with Crippen LogP contribution in [0.2, 0.25) is 0 Å². The van der Waals surface area contributed by atoms with Crippen molar-refractivity contribution in [2.75, 3.05) is 17.6 Å². The molecule has 0 fully saturated rings. The third kappa shape index (κ3) is 3.03. The Morgan fingerprint density at radius 2 is 1.75 bits per heavy atom. The van der Waals surface area contributed by atoms with Gasteiger partial charge in [0, 0.05) is 5.69 Å². The average molecular weight is 292 g/mol. The zero-order valence-electron chi connectivity index (χ0n) is 11.3. The van der Waals surface area contributed by atoms with E-state index in [0.717, 1.165) is 5.56 Å². The van der Waals surface area contributed by atoms with E-state index in [9.17, 15) is 8.42 Å². The first kappa shape index (κ1) is 14.2. The van der Waals surface area contributed by atoms with Crippen molar-refractivity contribution in [2.45, 2.75) is 11.8 Å². The molecule has 0 amide bonds. The maximum atomic E-state index is 12.2. The maximum Gasteiger partial charge on any atom is 0.261 e. The fraction of sp³-hybridized carbons (Fsp3) is 0.143. The average Bonchev–Trinajstić information content (AvgIpc) is 2.43. The van der Waals surface area contributed by atoms with Gasteiger partial charge in [-0.1, -0.05) is 6.07 Å². The summed E-state index contributed by atoms with van der Waals surface area (Å²) >= 11 is 0. The van der Waals surface area contributed by atoms with Gasteiger partial charge >= 0.3 is 0 Å². The summed E-state index contributed by atoms with van der Waals surface area (Å²) < 4.78 is 31.9. The third-order valence-electron chi connectivity index (χ3n) is 2.90. The minimum absolute atomic E-state index is 0.164. The molecule has 5 nitrogen and oxygen atoms in total. The van der Waals surface area contributed by atoms with Gasteiger partial charge in [0.25, 0.3) is 10.0 Å². The summed E-state index contributed by atoms with van der Waals surface area (Å²) in [6.07, 6.45) is 0. The molecule has 0 aromatic heterocycles. The molecule has 2 aromatic rings. The lowest BCUT2D eigenvalue weighted by Gasteiger charge is -2.10. The predicted octanol–water partition coefficient (Wildman–Crippen LogP) is 2.39. The monoisotopic (exact) mass is 292 g/mol. The molecule has 6 heteroatoms. The Bertz CT molecular complexity index is 710. The zero-order valence-corrected chi connectivity index (χ0v) is 12.1. The molecule has 0 heterocycles. The smallest absolute Gasteiger partial charge is 0.261 e. The number of rotatable bonds is 4. The Hall–Kier alpha value is -2.21. The predicted molar refractivity (Wildman–Crippen MR) is 79.4 cm³/mol. The van der Waals surface area contributed by atoms with Gasteiger partial charge in [-0.05, 0) is 48.9 Å². The van der Waals surface area contributed by atoms with Gasteiger partial charge in [-0.2, -0.15) is 0 Å². The lowest BCUT2D eigenvalue weighted by Crippen LogP contribution is -2.13. The molecule has 0 aliphatic heterocycles. The van der Waals surface area contributed by atoms with Crippen LogP contribution < -0.4 is 15.2 Å². The van der Waals surface area contributed by atoms with Crippen LogP contribution >= 0.6 is 0 Å². The van der Waals surface area contributed by atoms with Gasteiger partial charge in [0.15, 0.2) is 0 Å². The van der Waals surface area contributed by atoms with E-state index in [1.54, 1.807) is 30.3 Å². The Balaban J connectivity index is 2.27. The second-order valence-corrected chi connectivity index (χ2v) is 6.03. The summed E-state index contributed by atoms with van der Waals surface area (Å²) in [5.74, 6) is 0.600. The van der Waals surface area contributed by atoms with Gasteiger partial charge in [0.05, 0.1) is 17.7 Å². The number of ether oxygens (including phenoxy) is 1. The molecule has 0 bridgehead atoms. The molecule has 0 saturated heterocycles. The van der Waals surface area contributed by atoms with Crippen LogP contribution in [-0.4, -0.2) is 15.5 Å². The number of nitrogens with one attached hydrogen (secondary N) is 1. The molecule has 0 radical (unpaired) electrons. The van der Waals surface area contributed by atoms with Crippen molar-refractivity contribution < 1.29 is 13.2 Å². The number of benzene rings is 2. The maximum absolute atomic E-state index is 12.2. The van der Waals surface area contributed by atoms with Crippen molar-refractivity contribution in [1.29, 1.82) is 0 Å². The van der Waals surface area contributed by atoms with Crippen molar-refractivity contribution in [3.05, 3.63) is 48.0 Å². The van der Waals surface area contributed by atoms with Crippen molar-refractivity contribution >= 4 is 21.4 Å². The fourth-order valence-corrected chi connectivity index (χ4v) is 2.72. The normalized spacial score (nSPS) is 11.1. The molecule has 0 aliphatic carbocycles. The van der Waals surface area contributed by atoms with Crippen molar-refractivity contribution in [3.8, 4) is 5.75 Å². The van der Waals surface area contributed by atoms with E-state index in [0.29, 0.717) is 17.1 Å². The summed E-state index contributed by atoms with van der Waals surface area (Å²) in [5, 5.41) is 0. The topological polar surface area (TPSA) is 81.4 Å². The van der Waals surface area contributed by atoms with Gasteiger partial charge < -0.3 is 10.5 Å². The first-order valence-electron chi connectivity index (χ1n) is 5.95. The largest absolute Gasteiger partial charge is 0.497 e. The Morgan fingerprint density at radius 1 is 1.10 bits per heavy atom. The second-order valence-electron chi connectivity index (χ2n) is 4.35. The van der Waals surface area contributed by atoms with E-state index in [4.69, 9.17) is 10.5 Å². The van der Waals surface area contributed by atoms with Crippen molar-refractivity contribution in [3.63, 3.8) is 0 Å². The number of methoxy groups -OCH3 is 1. The Kier molecular flexibility index (Phi) is 3.85. The quantitative estimate of drug-likeness (QED) is 0.848. The van der Waals surface area contributed by atoms with Crippen LogP contribution in [0, 0.1) is 6.92 Å². The third-order valence-corrected chi connectivity index (χ3v) is 4.30. The summed E-state index contributed by atoms with van der Waals surface area (Å²) in [6, 6.07) is 11.2. The van der Waals surface area contributed by atoms with Crippen LogP contribution in [0.25, 0.3) is 0 Å². The molecule has 0 aliphatic rings. The summed E-state index contributed by atoms with van der Waals surface area (Å²) in [5.41, 5.74) is 7.64. The van der Waals surface area contributed by atoms with Gasteiger partial charge in [-0.3, -0.25) is 4.72 Å². The fourth-order valence-electron chi connectivity index (χ4n) is 1.67. The van der Waals surface area contributed by atoms with Crippen LogP contribution in [-0.2, 0) is 10.0 Å². The summed E-state index contributed by atoms with van der Waals surface area (Å²) in [4.78, 5) is 0.164. The highest BCUT2D eigenvalue weighted by molar-refractivity contribution is 7.92. The Morgan fingerprint density at radius 3 is 2.30 bits per heavy atom. The lowest BCUT2D eigenvalue weighted by molar-refractivity contribution is 0.414. The van der Waals surface area contributed by atoms with E-state index < -0.39 is 10.0 Å². The number of anilines is 2. The van der Waals surface area contributed by atoms with Crippen LogP contribution in [0.1, 0.15) is 5.56 Å². The van der Waals surface area contributed by atoms with Crippen LogP contribution in [0.5, 0.6) is 5.75 Å². The Labute approximate surface area is 118 Å². The van der Waals surface area contributed by atoms with Gasteiger partial charge in [-0.15, -0.1) is 0 Å². The zero-order chi connectivity index (χ0) is 14.8. The highest BCUT2D eigenvalue weighted by atomic mass is 32.2. The van der Waals surface area contributed by atoms with Crippen molar-refractivity contribution in [1.82, 2.24) is 0 Å². The molecule has 0 spiro atoms. The summed E-state index contributed by atoms with van der Waals surface area (Å²) in [6.45, 7) is 1.86. The minimum atomic E-state index is -3.63. The molecule has 2 rings (SSSR count). The molecule has 0 unspecified atom stereocenters. The highest BCUT2D eigenvalue weighted by Gasteiger charge is 2.14. The molecule has 0 atom stereocenters. The molecular formula is C14H16N2O3S. The van der Waals surface area contributed by atoms with Crippen molar-refractivity contribution in [2.24, 2.45) is 0 Å². The van der Waals surface area contributed by atoms with Gasteiger partial charge in [0.2, 0.25) is 0 Å². The number of sulfonamides is 1. The first-order chi connectivity index (χ1) is 9.42. The lowest BCUT2D eigenvalue weighted by atomic mass is 10.2. The standard InChI is InChI=1S/C14H16N2O3S/c1-10-3-4-11(9-14(10)15)16-20(17,18)13-7-5-12(19-2)6-8-13/h3-9,16H,15H2,1-2H3. The number of aryl methyl sites for hydroxylation is 1. The first-order valence-corrected chi connectivity index (χ1v) is 7.44. The molecule has 20 heavy (non-hydrogen) atoms. The second kappa shape index (κ2) is 5.42. The molecule has 2 aromatic carbocycles. The van der Waals surface area contributed by atoms with E-state index in [-0.39, 0.29) is 4.90 Å². The van der Waals surface area contributed by atoms with Crippen LogP contribution in [0.15, 0.2) is 47.4 Å². The number of nitrogens with two attached hydrogens (primary N) is 1. The number of hydrogen-bond donors (Lipinski definition) is 2. The summed E-state index contributed by atoms with van der Waals surface area (Å²) in [7, 11) is -2.10. The highest BCUT2D eigenvalue weighted by Crippen LogP contribution is 2.21. The van der Waals surface area contributed by atoms with Gasteiger partial charge in [-0.25, -0.2) is 8.42 Å². The molecule has 3 N–H and O–H groups in total. The van der Waals surface area contributed by atoms with Crippen LogP contribution in [0.3, 0.4) is 0 Å². The van der Waals surface area contributed by atoms with E-state index in [1.807, 2.05) is 6.92 Å².